The van der Waals surface area contributed by atoms with E-state index in [0.717, 1.165) is 59.1 Å². The van der Waals surface area contributed by atoms with E-state index in [9.17, 15) is 0 Å². The number of halogens is 1. The summed E-state index contributed by atoms with van der Waals surface area (Å²) in [6, 6.07) is 6.38. The highest BCUT2D eigenvalue weighted by molar-refractivity contribution is 6.30. The summed E-state index contributed by atoms with van der Waals surface area (Å²) in [6.45, 7) is 17.6. The molecule has 1 saturated heterocycles. The number of anilines is 1. The van der Waals surface area contributed by atoms with Crippen LogP contribution in [0.5, 0.6) is 0 Å². The molecule has 4 nitrogen and oxygen atoms in total. The fourth-order valence-electron chi connectivity index (χ4n) is 4.45. The molecule has 144 valence electrons. The van der Waals surface area contributed by atoms with Gasteiger partial charge in [0.05, 0.1) is 5.69 Å². The van der Waals surface area contributed by atoms with Crippen molar-refractivity contribution in [1.29, 1.82) is 0 Å². The lowest BCUT2D eigenvalue weighted by molar-refractivity contribution is 0.549. The second-order valence-electron chi connectivity index (χ2n) is 7.90. The summed E-state index contributed by atoms with van der Waals surface area (Å²) in [6.07, 6.45) is 4.05. The first-order valence-electron chi connectivity index (χ1n) is 9.77. The van der Waals surface area contributed by atoms with E-state index in [-0.39, 0.29) is 6.04 Å². The van der Waals surface area contributed by atoms with Crippen molar-refractivity contribution < 1.29 is 0 Å². The highest BCUT2D eigenvalue weighted by atomic mass is 35.5. The molecule has 4 rings (SSSR count). The molecule has 0 atom stereocenters. The Morgan fingerprint density at radius 1 is 1.04 bits per heavy atom. The lowest BCUT2D eigenvalue weighted by Gasteiger charge is -2.30. The molecular formula is C23H25ClN4. The van der Waals surface area contributed by atoms with Gasteiger partial charge >= 0.3 is 0 Å². The summed E-state index contributed by atoms with van der Waals surface area (Å²) in [5.41, 5.74) is 7.91. The molecule has 3 heterocycles. The summed E-state index contributed by atoms with van der Waals surface area (Å²) in [5.74, 6) is 0. The first-order chi connectivity index (χ1) is 13.4. The van der Waals surface area contributed by atoms with Crippen molar-refractivity contribution in [3.05, 3.63) is 63.2 Å². The van der Waals surface area contributed by atoms with Gasteiger partial charge in [0.1, 0.15) is 5.65 Å². The van der Waals surface area contributed by atoms with Crippen molar-refractivity contribution in [1.82, 2.24) is 9.55 Å². The fraction of sp³-hybridized carbons (Fsp3) is 0.391. The Labute approximate surface area is 171 Å². The Morgan fingerprint density at radius 2 is 1.68 bits per heavy atom. The molecule has 2 aromatic heterocycles. The zero-order chi connectivity index (χ0) is 20.0. The molecule has 1 aliphatic rings. The molecule has 0 unspecified atom stereocenters. The Balaban J connectivity index is 1.89. The number of benzene rings is 1. The average molecular weight is 393 g/mol. The minimum atomic E-state index is 0.166. The highest BCUT2D eigenvalue weighted by Gasteiger charge is 2.25. The molecule has 0 spiro atoms. The van der Waals surface area contributed by atoms with Gasteiger partial charge in [-0.3, -0.25) is 0 Å². The van der Waals surface area contributed by atoms with E-state index >= 15 is 0 Å². The van der Waals surface area contributed by atoms with Crippen LogP contribution in [0.3, 0.4) is 0 Å². The van der Waals surface area contributed by atoms with E-state index in [1.807, 2.05) is 12.1 Å². The quantitative estimate of drug-likeness (QED) is 0.515. The number of hydrogen-bond donors (Lipinski definition) is 0. The van der Waals surface area contributed by atoms with E-state index in [4.69, 9.17) is 23.2 Å². The Kier molecular flexibility index (Phi) is 4.81. The number of nitrogens with zero attached hydrogens (tertiary/aromatic N) is 4. The van der Waals surface area contributed by atoms with Crippen LogP contribution in [0.15, 0.2) is 24.4 Å². The number of fused-ring (bicyclic) bond motifs is 1. The predicted molar refractivity (Wildman–Crippen MR) is 117 cm³/mol. The van der Waals surface area contributed by atoms with Crippen molar-refractivity contribution >= 4 is 28.3 Å². The van der Waals surface area contributed by atoms with Crippen molar-refractivity contribution in [3.63, 3.8) is 0 Å². The summed E-state index contributed by atoms with van der Waals surface area (Å²) in [4.78, 5) is 11.1. The molecule has 28 heavy (non-hydrogen) atoms. The number of hydrogen-bond acceptors (Lipinski definition) is 2. The number of aryl methyl sites for hydroxylation is 4. The zero-order valence-electron chi connectivity index (χ0n) is 16.9. The van der Waals surface area contributed by atoms with Gasteiger partial charge in [0.25, 0.3) is 0 Å². The summed E-state index contributed by atoms with van der Waals surface area (Å²) >= 11 is 6.26. The third-order valence-corrected chi connectivity index (χ3v) is 5.96. The number of pyridine rings is 1. The zero-order valence-corrected chi connectivity index (χ0v) is 17.6. The molecule has 0 saturated carbocycles. The third kappa shape index (κ3) is 3.14. The van der Waals surface area contributed by atoms with Gasteiger partial charge in [0.2, 0.25) is 6.04 Å². The molecule has 5 heteroatoms. The van der Waals surface area contributed by atoms with Crippen LogP contribution in [0.25, 0.3) is 21.6 Å². The molecule has 0 bridgehead atoms. The standard InChI is InChI=1S/C23H25ClN4/c1-14-10-18(24)11-15(2)22(14)28-13-16(3)21-20(12-17(4)26-23(21)28)27-8-6-19(25-5)7-9-27/h10-13,19H,6-9H2,1-4H3. The van der Waals surface area contributed by atoms with E-state index in [0.29, 0.717) is 0 Å². The van der Waals surface area contributed by atoms with Crippen molar-refractivity contribution in [2.24, 2.45) is 0 Å². The molecule has 0 amide bonds. The van der Waals surface area contributed by atoms with E-state index < -0.39 is 0 Å². The molecule has 1 fully saturated rings. The number of aromatic nitrogens is 2. The van der Waals surface area contributed by atoms with Crippen LogP contribution in [-0.2, 0) is 0 Å². The van der Waals surface area contributed by atoms with Gasteiger partial charge in [0, 0.05) is 53.9 Å². The number of rotatable bonds is 2. The van der Waals surface area contributed by atoms with Gasteiger partial charge in [-0.15, -0.1) is 0 Å². The maximum absolute atomic E-state index is 7.30. The minimum Gasteiger partial charge on any atom is -0.370 e. The summed E-state index contributed by atoms with van der Waals surface area (Å²) < 4.78 is 2.22. The first-order valence-corrected chi connectivity index (χ1v) is 10.1. The Bertz CT molecular complexity index is 1070. The lowest BCUT2D eigenvalue weighted by atomic mass is 10.0. The minimum absolute atomic E-state index is 0.166. The van der Waals surface area contributed by atoms with Crippen LogP contribution < -0.4 is 4.90 Å². The van der Waals surface area contributed by atoms with Gasteiger partial charge in [-0.05, 0) is 62.6 Å². The van der Waals surface area contributed by atoms with E-state index in [1.165, 1.54) is 16.6 Å². The summed E-state index contributed by atoms with van der Waals surface area (Å²) in [5, 5.41) is 1.97. The van der Waals surface area contributed by atoms with Crippen LogP contribution in [-0.4, -0.2) is 28.7 Å². The molecular weight excluding hydrogens is 368 g/mol. The summed E-state index contributed by atoms with van der Waals surface area (Å²) in [7, 11) is 0. The van der Waals surface area contributed by atoms with Crippen molar-refractivity contribution in [2.75, 3.05) is 18.0 Å². The largest absolute Gasteiger partial charge is 0.370 e. The maximum atomic E-state index is 7.30. The Morgan fingerprint density at radius 3 is 2.29 bits per heavy atom. The lowest BCUT2D eigenvalue weighted by Crippen LogP contribution is -2.35. The molecule has 3 aromatic rings. The highest BCUT2D eigenvalue weighted by Crippen LogP contribution is 2.36. The topological polar surface area (TPSA) is 25.4 Å². The molecule has 0 radical (unpaired) electrons. The second kappa shape index (κ2) is 7.14. The molecule has 0 N–H and O–H groups in total. The first kappa shape index (κ1) is 18.8. The van der Waals surface area contributed by atoms with Gasteiger partial charge in [-0.2, -0.15) is 0 Å². The van der Waals surface area contributed by atoms with Crippen LogP contribution in [0.2, 0.25) is 5.02 Å². The third-order valence-electron chi connectivity index (χ3n) is 5.74. The average Bonchev–Trinajstić information content (AvgIpc) is 2.96. The smallest absolute Gasteiger partial charge is 0.227 e. The van der Waals surface area contributed by atoms with Crippen molar-refractivity contribution in [2.45, 2.75) is 46.6 Å². The van der Waals surface area contributed by atoms with Crippen LogP contribution in [0.1, 0.15) is 35.2 Å². The van der Waals surface area contributed by atoms with Crippen LogP contribution >= 0.6 is 11.6 Å². The SMILES string of the molecule is [C-]#[N+]C1CCN(c2cc(C)nc3c2c(C)cn3-c2c(C)cc(Cl)cc2C)CC1. The predicted octanol–water partition coefficient (Wildman–Crippen LogP) is 5.80. The van der Waals surface area contributed by atoms with Gasteiger partial charge < -0.3 is 14.3 Å². The maximum Gasteiger partial charge on any atom is 0.227 e. The molecule has 1 aliphatic heterocycles. The van der Waals surface area contributed by atoms with Gasteiger partial charge in [0.15, 0.2) is 0 Å². The van der Waals surface area contributed by atoms with E-state index in [2.05, 4.69) is 54.3 Å². The molecule has 1 aromatic carbocycles. The Hall–Kier alpha value is -2.51. The van der Waals surface area contributed by atoms with Crippen molar-refractivity contribution in [3.8, 4) is 5.69 Å². The monoisotopic (exact) mass is 392 g/mol. The molecule has 0 aliphatic carbocycles. The number of piperidine rings is 1. The van der Waals surface area contributed by atoms with Crippen LogP contribution in [0.4, 0.5) is 5.69 Å². The van der Waals surface area contributed by atoms with E-state index in [1.54, 1.807) is 0 Å². The van der Waals surface area contributed by atoms with Gasteiger partial charge in [-0.25, -0.2) is 11.6 Å². The second-order valence-corrected chi connectivity index (χ2v) is 8.34. The van der Waals surface area contributed by atoms with Gasteiger partial charge in [-0.1, -0.05) is 11.6 Å². The fourth-order valence-corrected chi connectivity index (χ4v) is 4.78. The van der Waals surface area contributed by atoms with Crippen LogP contribution in [0, 0.1) is 34.3 Å². The normalized spacial score (nSPS) is 15.2.